The van der Waals surface area contributed by atoms with Gasteiger partial charge >= 0.3 is 6.18 Å². The van der Waals surface area contributed by atoms with Crippen LogP contribution in [0.4, 0.5) is 37.7 Å². The Balaban J connectivity index is 1.79. The molecule has 4 rings (SSSR count). The van der Waals surface area contributed by atoms with Gasteiger partial charge < -0.3 is 23.4 Å². The van der Waals surface area contributed by atoms with Crippen molar-refractivity contribution in [1.82, 2.24) is 4.31 Å². The quantitative estimate of drug-likeness (QED) is 0.177. The van der Waals surface area contributed by atoms with Crippen molar-refractivity contribution in [3.05, 3.63) is 47.8 Å². The highest BCUT2D eigenvalue weighted by Gasteiger charge is 2.50. The Morgan fingerprint density at radius 1 is 1.07 bits per heavy atom. The minimum Gasteiger partial charge on any atom is -0.492 e. The highest BCUT2D eigenvalue weighted by molar-refractivity contribution is 7.82. The molecule has 43 heavy (non-hydrogen) atoms. The Hall–Kier alpha value is -1.96. The molecule has 1 unspecified atom stereocenters. The topological polar surface area (TPSA) is 60.5 Å². The van der Waals surface area contributed by atoms with Gasteiger partial charge in [0.05, 0.1) is 42.6 Å². The van der Waals surface area contributed by atoms with Gasteiger partial charge in [-0.2, -0.15) is 13.2 Å². The van der Waals surface area contributed by atoms with E-state index >= 15 is 0 Å². The van der Waals surface area contributed by atoms with Crippen LogP contribution < -0.4 is 9.64 Å². The third-order valence-electron chi connectivity index (χ3n) is 7.19. The Kier molecular flexibility index (Phi) is 10.7. The average Bonchev–Trinajstić information content (AvgIpc) is 3.00. The Bertz CT molecular complexity index is 1270. The van der Waals surface area contributed by atoms with Crippen LogP contribution in [0.15, 0.2) is 41.3 Å². The molecule has 2 aliphatic rings. The minimum atomic E-state index is -4.87. The Morgan fingerprint density at radius 3 is 2.21 bits per heavy atom. The fraction of sp³-hybridized carbons (Fsp3) is 0.571. The summed E-state index contributed by atoms with van der Waals surface area (Å²) in [5, 5.41) is -0.802. The van der Waals surface area contributed by atoms with Crippen molar-refractivity contribution in [1.29, 1.82) is 0 Å². The maximum atomic E-state index is 14.5. The molecule has 2 aromatic carbocycles. The standard InChI is InChI=1S/C28H35F6N2O5PS/c1-5-40-42(41-6-2)27(16-38-17-27)18-39-24-14-25-23(13-22(24)28(32,33)34)36(20-9-7-19(29)8-10-20)15-21(35(4)43(25)37)11-12-26(3,30)31/h7-10,13-14,21H,5-6,11-12,15-18H2,1-4H3/t21-,43?/m1/s1. The third kappa shape index (κ3) is 7.83. The van der Waals surface area contributed by atoms with Crippen LogP contribution in [-0.4, -0.2) is 72.3 Å². The predicted octanol–water partition coefficient (Wildman–Crippen LogP) is 7.29. The van der Waals surface area contributed by atoms with E-state index in [1.165, 1.54) is 28.4 Å². The zero-order valence-electron chi connectivity index (χ0n) is 24.3. The normalized spacial score (nSPS) is 21.0. The molecule has 0 radical (unpaired) electrons. The van der Waals surface area contributed by atoms with Crippen LogP contribution in [0, 0.1) is 5.82 Å². The highest BCUT2D eigenvalue weighted by atomic mass is 32.2. The second-order valence-corrected chi connectivity index (χ2v) is 14.1. The van der Waals surface area contributed by atoms with E-state index in [9.17, 15) is 30.6 Å². The molecule has 7 nitrogen and oxygen atoms in total. The van der Waals surface area contributed by atoms with Gasteiger partial charge in [0.1, 0.15) is 34.3 Å². The van der Waals surface area contributed by atoms with Crippen LogP contribution in [0.2, 0.25) is 0 Å². The molecule has 240 valence electrons. The number of anilines is 2. The first kappa shape index (κ1) is 33.9. The van der Waals surface area contributed by atoms with Crippen molar-refractivity contribution in [2.45, 2.75) is 61.8 Å². The molecule has 1 fully saturated rings. The van der Waals surface area contributed by atoms with E-state index in [0.29, 0.717) is 18.9 Å². The fourth-order valence-electron chi connectivity index (χ4n) is 4.85. The van der Waals surface area contributed by atoms with Gasteiger partial charge in [-0.05, 0) is 57.5 Å². The first-order valence-corrected chi connectivity index (χ1v) is 16.0. The number of likely N-dealkylation sites (N-methyl/N-ethyl adjacent to an activating group) is 1. The van der Waals surface area contributed by atoms with Gasteiger partial charge in [-0.1, -0.05) is 0 Å². The van der Waals surface area contributed by atoms with Crippen molar-refractivity contribution >= 4 is 30.7 Å². The summed E-state index contributed by atoms with van der Waals surface area (Å²) in [7, 11) is -2.12. The van der Waals surface area contributed by atoms with Crippen molar-refractivity contribution in [3.63, 3.8) is 0 Å². The van der Waals surface area contributed by atoms with E-state index in [2.05, 4.69) is 0 Å². The summed E-state index contributed by atoms with van der Waals surface area (Å²) in [6.07, 6.45) is -5.48. The zero-order valence-corrected chi connectivity index (χ0v) is 26.0. The first-order valence-electron chi connectivity index (χ1n) is 13.8. The summed E-state index contributed by atoms with van der Waals surface area (Å²) in [6.45, 7) is 5.06. The molecule has 15 heteroatoms. The van der Waals surface area contributed by atoms with Gasteiger partial charge in [0.15, 0.2) is 8.38 Å². The number of hydrogen-bond acceptors (Lipinski definition) is 6. The van der Waals surface area contributed by atoms with Crippen molar-refractivity contribution in [2.75, 3.05) is 51.5 Å². The maximum absolute atomic E-state index is 14.5. The second kappa shape index (κ2) is 13.6. The van der Waals surface area contributed by atoms with Crippen molar-refractivity contribution in [2.24, 2.45) is 0 Å². The minimum absolute atomic E-state index is 0.00336. The van der Waals surface area contributed by atoms with Gasteiger partial charge in [0.2, 0.25) is 5.92 Å². The highest BCUT2D eigenvalue weighted by Crippen LogP contribution is 2.56. The number of ether oxygens (including phenoxy) is 2. The van der Waals surface area contributed by atoms with Crippen LogP contribution in [0.5, 0.6) is 5.75 Å². The molecule has 0 amide bonds. The number of halogens is 6. The second-order valence-electron chi connectivity index (χ2n) is 10.6. The van der Waals surface area contributed by atoms with E-state index < -0.39 is 66.2 Å². The largest absolute Gasteiger partial charge is 0.492 e. The molecule has 2 atom stereocenters. The number of fused-ring (bicyclic) bond motifs is 1. The van der Waals surface area contributed by atoms with Gasteiger partial charge in [-0.3, -0.25) is 0 Å². The fourth-order valence-corrected chi connectivity index (χ4v) is 7.82. The molecular weight excluding hydrogens is 621 g/mol. The molecule has 0 aromatic heterocycles. The summed E-state index contributed by atoms with van der Waals surface area (Å²) in [4.78, 5) is 1.45. The summed E-state index contributed by atoms with van der Waals surface area (Å²) >= 11 is 0. The van der Waals surface area contributed by atoms with E-state index in [-0.39, 0.29) is 43.4 Å². The monoisotopic (exact) mass is 656 g/mol. The third-order valence-corrected chi connectivity index (χ3v) is 10.9. The van der Waals surface area contributed by atoms with Gasteiger partial charge in [0.25, 0.3) is 0 Å². The smallest absolute Gasteiger partial charge is 0.420 e. The summed E-state index contributed by atoms with van der Waals surface area (Å²) in [5.74, 6) is -4.11. The maximum Gasteiger partial charge on any atom is 0.420 e. The number of nitrogens with zero attached hydrogens (tertiary/aromatic N) is 2. The molecule has 0 N–H and O–H groups in total. The van der Waals surface area contributed by atoms with Crippen molar-refractivity contribution < 1.29 is 49.1 Å². The van der Waals surface area contributed by atoms with Crippen molar-refractivity contribution in [3.8, 4) is 5.75 Å². The molecule has 2 heterocycles. The summed E-state index contributed by atoms with van der Waals surface area (Å²) < 4.78 is 123. The molecule has 0 aliphatic carbocycles. The van der Waals surface area contributed by atoms with Gasteiger partial charge in [0, 0.05) is 37.8 Å². The molecule has 0 bridgehead atoms. The van der Waals surface area contributed by atoms with Crippen LogP contribution in [0.3, 0.4) is 0 Å². The average molecular weight is 657 g/mol. The van der Waals surface area contributed by atoms with Gasteiger partial charge in [-0.25, -0.2) is 21.7 Å². The summed E-state index contributed by atoms with van der Waals surface area (Å²) in [6, 6.07) is 6.25. The van der Waals surface area contributed by atoms with E-state index in [4.69, 9.17) is 18.5 Å². The van der Waals surface area contributed by atoms with Crippen LogP contribution in [0.1, 0.15) is 39.2 Å². The molecule has 0 spiro atoms. The lowest BCUT2D eigenvalue weighted by Gasteiger charge is -2.44. The lowest BCUT2D eigenvalue weighted by atomic mass is 10.1. The van der Waals surface area contributed by atoms with Crippen LogP contribution in [-0.2, 0) is 30.9 Å². The van der Waals surface area contributed by atoms with E-state index in [1.54, 1.807) is 13.8 Å². The number of benzene rings is 2. The van der Waals surface area contributed by atoms with E-state index in [0.717, 1.165) is 31.2 Å². The lowest BCUT2D eigenvalue weighted by molar-refractivity contribution is -0.139. The number of hydrogen-bond donors (Lipinski definition) is 0. The Morgan fingerprint density at radius 2 is 1.70 bits per heavy atom. The number of rotatable bonds is 12. The lowest BCUT2D eigenvalue weighted by Crippen LogP contribution is -2.53. The van der Waals surface area contributed by atoms with E-state index in [1.807, 2.05) is 0 Å². The molecule has 0 saturated carbocycles. The summed E-state index contributed by atoms with van der Waals surface area (Å²) in [5.41, 5.74) is -0.839. The number of alkyl halides is 5. The molecular formula is C28H35F6N2O5PS. The Labute approximate surface area is 250 Å². The first-order chi connectivity index (χ1) is 20.2. The molecule has 2 aromatic rings. The van der Waals surface area contributed by atoms with Gasteiger partial charge in [-0.15, -0.1) is 0 Å². The zero-order chi connectivity index (χ0) is 31.6. The van der Waals surface area contributed by atoms with Crippen LogP contribution in [0.25, 0.3) is 0 Å². The predicted molar refractivity (Wildman–Crippen MR) is 152 cm³/mol. The molecule has 2 aliphatic heterocycles. The molecule has 1 saturated heterocycles. The van der Waals surface area contributed by atoms with Crippen LogP contribution >= 0.6 is 8.38 Å². The SMILES string of the molecule is CCOP(OCC)C1(COc2cc3c(cc2C(F)(F)F)N(c2ccc(F)cc2)C[C@@H](CCC(C)(F)F)N(C)S3=O)COC1.